The molecule has 1 aromatic heterocycles. The molecule has 92 valence electrons. The Morgan fingerprint density at radius 1 is 1.56 bits per heavy atom. The van der Waals surface area contributed by atoms with Crippen molar-refractivity contribution in [3.8, 4) is 0 Å². The zero-order chi connectivity index (χ0) is 12.3. The van der Waals surface area contributed by atoms with Gasteiger partial charge in [0.2, 0.25) is 0 Å². The summed E-state index contributed by atoms with van der Waals surface area (Å²) in [7, 11) is -1.84. The van der Waals surface area contributed by atoms with Gasteiger partial charge in [-0.1, -0.05) is 13.8 Å². The van der Waals surface area contributed by atoms with Crippen LogP contribution in [0.4, 0.5) is 0 Å². The highest BCUT2D eigenvalue weighted by Crippen LogP contribution is 2.08. The average Bonchev–Trinajstić information content (AvgIpc) is 2.61. The second kappa shape index (κ2) is 4.94. The van der Waals surface area contributed by atoms with E-state index in [0.717, 1.165) is 0 Å². The molecular weight excluding hydrogens is 228 g/mol. The van der Waals surface area contributed by atoms with E-state index in [4.69, 9.17) is 5.73 Å². The minimum atomic E-state index is -3.56. The number of hydrogen-bond acceptors (Lipinski definition) is 4. The van der Waals surface area contributed by atoms with E-state index in [0.29, 0.717) is 0 Å². The monoisotopic (exact) mass is 246 g/mol. The standard InChI is InChI=1S/C9H18N4O2S/c1-7(2)8(4-10)12-16(14,15)9-5-13(3)6-11-9/h5-8,12H,4,10H2,1-3H3. The number of hydrogen-bond donors (Lipinski definition) is 2. The van der Waals surface area contributed by atoms with E-state index in [1.54, 1.807) is 11.6 Å². The third-order valence-corrected chi connectivity index (χ3v) is 3.70. The van der Waals surface area contributed by atoms with E-state index < -0.39 is 10.0 Å². The normalized spacial score (nSPS) is 14.3. The lowest BCUT2D eigenvalue weighted by molar-refractivity contribution is 0.454. The van der Waals surface area contributed by atoms with Crippen LogP contribution in [0.3, 0.4) is 0 Å². The highest BCUT2D eigenvalue weighted by atomic mass is 32.2. The quantitative estimate of drug-likeness (QED) is 0.745. The van der Waals surface area contributed by atoms with E-state index >= 15 is 0 Å². The number of imidazole rings is 1. The van der Waals surface area contributed by atoms with E-state index in [2.05, 4.69) is 9.71 Å². The number of nitrogens with one attached hydrogen (secondary N) is 1. The van der Waals surface area contributed by atoms with E-state index in [1.807, 2.05) is 13.8 Å². The molecule has 0 radical (unpaired) electrons. The van der Waals surface area contributed by atoms with Gasteiger partial charge in [-0.05, 0) is 5.92 Å². The van der Waals surface area contributed by atoms with Gasteiger partial charge in [-0.3, -0.25) is 0 Å². The first-order chi connectivity index (χ1) is 7.36. The van der Waals surface area contributed by atoms with Gasteiger partial charge in [0, 0.05) is 25.8 Å². The molecule has 0 fully saturated rings. The van der Waals surface area contributed by atoms with Crippen LogP contribution in [-0.4, -0.2) is 30.6 Å². The van der Waals surface area contributed by atoms with Crippen LogP contribution < -0.4 is 10.5 Å². The molecule has 3 N–H and O–H groups in total. The lowest BCUT2D eigenvalue weighted by Gasteiger charge is -2.19. The molecule has 1 unspecified atom stereocenters. The van der Waals surface area contributed by atoms with E-state index in [9.17, 15) is 8.42 Å². The Bertz CT molecular complexity index is 438. The summed E-state index contributed by atoms with van der Waals surface area (Å²) >= 11 is 0. The molecule has 1 rings (SSSR count). The highest BCUT2D eigenvalue weighted by molar-refractivity contribution is 7.89. The smallest absolute Gasteiger partial charge is 0.259 e. The first-order valence-corrected chi connectivity index (χ1v) is 6.55. The molecule has 0 saturated heterocycles. The third kappa shape index (κ3) is 3.03. The highest BCUT2D eigenvalue weighted by Gasteiger charge is 2.23. The van der Waals surface area contributed by atoms with Gasteiger partial charge in [0.1, 0.15) is 0 Å². The van der Waals surface area contributed by atoms with Crippen molar-refractivity contribution < 1.29 is 8.42 Å². The molecule has 0 aromatic carbocycles. The fourth-order valence-electron chi connectivity index (χ4n) is 1.24. The zero-order valence-electron chi connectivity index (χ0n) is 9.71. The molecule has 7 heteroatoms. The topological polar surface area (TPSA) is 90.0 Å². The maximum Gasteiger partial charge on any atom is 0.259 e. The van der Waals surface area contributed by atoms with Crippen LogP contribution in [0.5, 0.6) is 0 Å². The maximum atomic E-state index is 11.9. The van der Waals surface area contributed by atoms with Crippen LogP contribution in [0.25, 0.3) is 0 Å². The molecule has 0 spiro atoms. The van der Waals surface area contributed by atoms with Crippen molar-refractivity contribution in [2.75, 3.05) is 6.54 Å². The summed E-state index contributed by atoms with van der Waals surface area (Å²) in [6, 6.07) is -0.271. The fraction of sp³-hybridized carbons (Fsp3) is 0.667. The van der Waals surface area contributed by atoms with Crippen LogP contribution in [0.2, 0.25) is 0 Å². The second-order valence-electron chi connectivity index (χ2n) is 4.08. The Morgan fingerprint density at radius 3 is 2.56 bits per heavy atom. The van der Waals surface area contributed by atoms with Crippen LogP contribution in [-0.2, 0) is 17.1 Å². The number of aryl methyl sites for hydroxylation is 1. The SMILES string of the molecule is CC(C)C(CN)NS(=O)(=O)c1cn(C)cn1. The average molecular weight is 246 g/mol. The molecule has 0 bridgehead atoms. The van der Waals surface area contributed by atoms with Gasteiger partial charge in [0.15, 0.2) is 5.03 Å². The van der Waals surface area contributed by atoms with Crippen LogP contribution in [0.15, 0.2) is 17.6 Å². The van der Waals surface area contributed by atoms with Crippen LogP contribution >= 0.6 is 0 Å². The Labute approximate surface area is 95.9 Å². The summed E-state index contributed by atoms with van der Waals surface area (Å²) in [4.78, 5) is 3.81. The molecule has 0 aliphatic carbocycles. The van der Waals surface area contributed by atoms with E-state index in [-0.39, 0.29) is 23.5 Å². The molecule has 1 aromatic rings. The minimum Gasteiger partial charge on any atom is -0.339 e. The van der Waals surface area contributed by atoms with Crippen molar-refractivity contribution in [1.82, 2.24) is 14.3 Å². The van der Waals surface area contributed by atoms with Gasteiger partial charge < -0.3 is 10.3 Å². The number of sulfonamides is 1. The van der Waals surface area contributed by atoms with Gasteiger partial charge in [0.05, 0.1) is 6.33 Å². The van der Waals surface area contributed by atoms with Gasteiger partial charge in [-0.15, -0.1) is 0 Å². The number of rotatable bonds is 5. The Kier molecular flexibility index (Phi) is 4.06. The van der Waals surface area contributed by atoms with Gasteiger partial charge >= 0.3 is 0 Å². The summed E-state index contributed by atoms with van der Waals surface area (Å²) in [5.74, 6) is 0.142. The summed E-state index contributed by atoms with van der Waals surface area (Å²) in [6.07, 6.45) is 2.90. The van der Waals surface area contributed by atoms with Crippen molar-refractivity contribution in [2.45, 2.75) is 24.9 Å². The van der Waals surface area contributed by atoms with Gasteiger partial charge in [0.25, 0.3) is 10.0 Å². The first-order valence-electron chi connectivity index (χ1n) is 5.07. The molecule has 1 heterocycles. The molecule has 0 amide bonds. The summed E-state index contributed by atoms with van der Waals surface area (Å²) in [5.41, 5.74) is 5.51. The fourth-order valence-corrected chi connectivity index (χ4v) is 2.62. The number of nitrogens with zero attached hydrogens (tertiary/aromatic N) is 2. The summed E-state index contributed by atoms with van der Waals surface area (Å²) < 4.78 is 27.9. The Hall–Kier alpha value is -0.920. The Balaban J connectivity index is 2.87. The van der Waals surface area contributed by atoms with Crippen molar-refractivity contribution in [3.05, 3.63) is 12.5 Å². The van der Waals surface area contributed by atoms with E-state index in [1.165, 1.54) is 12.5 Å². The molecule has 6 nitrogen and oxygen atoms in total. The van der Waals surface area contributed by atoms with Crippen LogP contribution in [0.1, 0.15) is 13.8 Å². The molecule has 16 heavy (non-hydrogen) atoms. The maximum absolute atomic E-state index is 11.9. The van der Waals surface area contributed by atoms with Crippen molar-refractivity contribution in [3.63, 3.8) is 0 Å². The predicted octanol–water partition coefficient (Wildman–Crippen LogP) is -0.318. The van der Waals surface area contributed by atoms with Crippen molar-refractivity contribution in [1.29, 1.82) is 0 Å². The second-order valence-corrected chi connectivity index (χ2v) is 5.75. The van der Waals surface area contributed by atoms with Crippen molar-refractivity contribution in [2.24, 2.45) is 18.7 Å². The van der Waals surface area contributed by atoms with Gasteiger partial charge in [-0.25, -0.2) is 18.1 Å². The van der Waals surface area contributed by atoms with Crippen LogP contribution in [0, 0.1) is 5.92 Å². The van der Waals surface area contributed by atoms with Crippen molar-refractivity contribution >= 4 is 10.0 Å². The first kappa shape index (κ1) is 13.1. The molecule has 1 atom stereocenters. The number of nitrogens with two attached hydrogens (primary N) is 1. The predicted molar refractivity (Wildman–Crippen MR) is 61.2 cm³/mol. The Morgan fingerprint density at radius 2 is 2.19 bits per heavy atom. The lowest BCUT2D eigenvalue weighted by Crippen LogP contribution is -2.43. The molecular formula is C9H18N4O2S. The largest absolute Gasteiger partial charge is 0.339 e. The summed E-state index contributed by atoms with van der Waals surface area (Å²) in [6.45, 7) is 4.10. The number of aromatic nitrogens is 2. The van der Waals surface area contributed by atoms with Gasteiger partial charge in [-0.2, -0.15) is 0 Å². The minimum absolute atomic E-state index is 0.0223. The summed E-state index contributed by atoms with van der Waals surface area (Å²) in [5, 5.41) is 0.0223. The molecule has 0 aliphatic rings. The third-order valence-electron chi connectivity index (χ3n) is 2.32. The lowest BCUT2D eigenvalue weighted by atomic mass is 10.1. The molecule has 0 aliphatic heterocycles. The zero-order valence-corrected chi connectivity index (χ0v) is 10.5. The molecule has 0 saturated carbocycles.